The Morgan fingerprint density at radius 3 is 2.58 bits per heavy atom. The molecular weight excluding hydrogens is 439 g/mol. The first kappa shape index (κ1) is 23.0. The van der Waals surface area contributed by atoms with Crippen LogP contribution in [0.4, 0.5) is 4.79 Å². The Balaban J connectivity index is 2.08. The van der Waals surface area contributed by atoms with Gasteiger partial charge in [-0.2, -0.15) is 0 Å². The van der Waals surface area contributed by atoms with Crippen molar-refractivity contribution in [1.82, 2.24) is 10.2 Å². The second kappa shape index (κ2) is 9.62. The number of rotatable bonds is 6. The quantitative estimate of drug-likeness (QED) is 0.598. The van der Waals surface area contributed by atoms with Gasteiger partial charge in [0.2, 0.25) is 0 Å². The number of amides is 2. The lowest BCUT2D eigenvalue weighted by Gasteiger charge is -2.35. The van der Waals surface area contributed by atoms with Crippen LogP contribution in [0.15, 0.2) is 47.7 Å². The van der Waals surface area contributed by atoms with Crippen LogP contribution in [-0.2, 0) is 9.53 Å². The summed E-state index contributed by atoms with van der Waals surface area (Å²) in [6.07, 6.45) is 0. The van der Waals surface area contributed by atoms with Crippen LogP contribution in [0.1, 0.15) is 29.7 Å². The maximum Gasteiger partial charge on any atom is 0.338 e. The predicted molar refractivity (Wildman–Crippen MR) is 121 cm³/mol. The summed E-state index contributed by atoms with van der Waals surface area (Å²) in [7, 11) is 1.57. The van der Waals surface area contributed by atoms with E-state index in [0.717, 1.165) is 16.7 Å². The number of urea groups is 1. The third-order valence-corrected chi connectivity index (χ3v) is 5.61. The van der Waals surface area contributed by atoms with Crippen LogP contribution in [-0.4, -0.2) is 37.2 Å². The number of halogens is 2. The van der Waals surface area contributed by atoms with E-state index in [0.29, 0.717) is 27.1 Å². The molecule has 1 N–H and O–H groups in total. The van der Waals surface area contributed by atoms with Crippen molar-refractivity contribution in [2.75, 3.05) is 20.3 Å². The smallest absolute Gasteiger partial charge is 0.338 e. The summed E-state index contributed by atoms with van der Waals surface area (Å²) in [6, 6.07) is 9.69. The first-order valence-electron chi connectivity index (χ1n) is 9.82. The summed E-state index contributed by atoms with van der Waals surface area (Å²) >= 11 is 12.2. The van der Waals surface area contributed by atoms with Crippen LogP contribution >= 0.6 is 23.2 Å². The van der Waals surface area contributed by atoms with Gasteiger partial charge in [0.1, 0.15) is 12.4 Å². The van der Waals surface area contributed by atoms with Crippen molar-refractivity contribution in [3.63, 3.8) is 0 Å². The molecule has 1 aliphatic rings. The molecule has 2 amide bonds. The molecule has 3 rings (SSSR count). The van der Waals surface area contributed by atoms with Crippen LogP contribution in [0.25, 0.3) is 0 Å². The normalized spacial score (nSPS) is 16.3. The number of carbonyl (C=O) groups excluding carboxylic acids is 2. The second-order valence-corrected chi connectivity index (χ2v) is 8.09. The van der Waals surface area contributed by atoms with Gasteiger partial charge >= 0.3 is 12.0 Å². The molecule has 0 aromatic heterocycles. The van der Waals surface area contributed by atoms with Gasteiger partial charge in [0.05, 0.1) is 28.9 Å². The minimum absolute atomic E-state index is 0.0699. The molecular formula is C23H24Cl2N2O4. The number of esters is 1. The first-order chi connectivity index (χ1) is 14.7. The average molecular weight is 463 g/mol. The standard InChI is InChI=1S/C23H24Cl2N2O4/c1-5-30-22(28)20-18(12-31-19-11-15(24)7-9-17(19)25)27(4)23(29)26-21(20)16-8-6-13(2)10-14(16)3/h6-11,21H,5,12H2,1-4H3,(H,26,29)/t21-/m0/s1. The van der Waals surface area contributed by atoms with Crippen molar-refractivity contribution in [3.8, 4) is 5.75 Å². The average Bonchev–Trinajstić information content (AvgIpc) is 2.71. The fourth-order valence-corrected chi connectivity index (χ4v) is 3.83. The molecule has 0 spiro atoms. The van der Waals surface area contributed by atoms with Crippen LogP contribution < -0.4 is 10.1 Å². The molecule has 8 heteroatoms. The van der Waals surface area contributed by atoms with Crippen molar-refractivity contribution in [3.05, 3.63) is 74.4 Å². The zero-order chi connectivity index (χ0) is 22.7. The largest absolute Gasteiger partial charge is 0.486 e. The zero-order valence-corrected chi connectivity index (χ0v) is 19.3. The van der Waals surface area contributed by atoms with Gasteiger partial charge in [0, 0.05) is 18.1 Å². The van der Waals surface area contributed by atoms with E-state index < -0.39 is 12.0 Å². The maximum absolute atomic E-state index is 13.0. The van der Waals surface area contributed by atoms with Gasteiger partial charge < -0.3 is 14.8 Å². The Hall–Kier alpha value is -2.70. The highest BCUT2D eigenvalue weighted by Gasteiger charge is 2.37. The van der Waals surface area contributed by atoms with Crippen molar-refractivity contribution in [2.45, 2.75) is 26.8 Å². The van der Waals surface area contributed by atoms with Crippen molar-refractivity contribution < 1.29 is 19.1 Å². The lowest BCUT2D eigenvalue weighted by Crippen LogP contribution is -2.48. The maximum atomic E-state index is 13.0. The van der Waals surface area contributed by atoms with Crippen LogP contribution in [0.2, 0.25) is 10.0 Å². The summed E-state index contributed by atoms with van der Waals surface area (Å²) in [5, 5.41) is 3.74. The first-order valence-corrected chi connectivity index (χ1v) is 10.6. The van der Waals surface area contributed by atoms with E-state index in [1.54, 1.807) is 32.2 Å². The number of nitrogens with zero attached hydrogens (tertiary/aromatic N) is 1. The highest BCUT2D eigenvalue weighted by Crippen LogP contribution is 2.34. The third kappa shape index (κ3) is 4.97. The molecule has 0 saturated carbocycles. The number of nitrogens with one attached hydrogen (secondary N) is 1. The minimum Gasteiger partial charge on any atom is -0.486 e. The number of carbonyl (C=O) groups is 2. The Bertz CT molecular complexity index is 1050. The van der Waals surface area contributed by atoms with Gasteiger partial charge in [-0.25, -0.2) is 9.59 Å². The number of benzene rings is 2. The molecule has 0 saturated heterocycles. The van der Waals surface area contributed by atoms with Crippen molar-refractivity contribution in [2.24, 2.45) is 0 Å². The van der Waals surface area contributed by atoms with Gasteiger partial charge in [-0.15, -0.1) is 0 Å². The van der Waals surface area contributed by atoms with Crippen molar-refractivity contribution in [1.29, 1.82) is 0 Å². The van der Waals surface area contributed by atoms with E-state index >= 15 is 0 Å². The van der Waals surface area contributed by atoms with Gasteiger partial charge in [-0.1, -0.05) is 47.0 Å². The number of aryl methyl sites for hydroxylation is 2. The fraction of sp³-hybridized carbons (Fsp3) is 0.304. The van der Waals surface area contributed by atoms with Crippen LogP contribution in [0.5, 0.6) is 5.75 Å². The molecule has 1 aliphatic heterocycles. The van der Waals surface area contributed by atoms with E-state index in [9.17, 15) is 9.59 Å². The van der Waals surface area contributed by atoms with E-state index in [2.05, 4.69) is 5.32 Å². The Kier molecular flexibility index (Phi) is 7.13. The molecule has 0 bridgehead atoms. The number of hydrogen-bond acceptors (Lipinski definition) is 4. The number of likely N-dealkylation sites (N-methyl/N-ethyl adjacent to an activating group) is 1. The predicted octanol–water partition coefficient (Wildman–Crippen LogP) is 5.20. The Morgan fingerprint density at radius 1 is 1.16 bits per heavy atom. The molecule has 6 nitrogen and oxygen atoms in total. The molecule has 0 radical (unpaired) electrons. The molecule has 0 aliphatic carbocycles. The monoisotopic (exact) mass is 462 g/mol. The topological polar surface area (TPSA) is 67.9 Å². The van der Waals surface area contributed by atoms with E-state index in [1.807, 2.05) is 32.0 Å². The summed E-state index contributed by atoms with van der Waals surface area (Å²) in [4.78, 5) is 27.1. The molecule has 31 heavy (non-hydrogen) atoms. The fourth-order valence-electron chi connectivity index (χ4n) is 3.50. The summed E-state index contributed by atoms with van der Waals surface area (Å²) in [6.45, 7) is 5.79. The molecule has 1 heterocycles. The number of hydrogen-bond donors (Lipinski definition) is 1. The Morgan fingerprint density at radius 2 is 1.90 bits per heavy atom. The van der Waals surface area contributed by atoms with Gasteiger partial charge in [0.25, 0.3) is 0 Å². The molecule has 164 valence electrons. The van der Waals surface area contributed by atoms with Crippen molar-refractivity contribution >= 4 is 35.2 Å². The summed E-state index contributed by atoms with van der Waals surface area (Å²) in [5.41, 5.74) is 3.56. The van der Waals surface area contributed by atoms with Crippen LogP contribution in [0.3, 0.4) is 0 Å². The molecule has 0 fully saturated rings. The Labute approximate surface area is 191 Å². The molecule has 0 unspecified atom stereocenters. The third-order valence-electron chi connectivity index (χ3n) is 5.07. The summed E-state index contributed by atoms with van der Waals surface area (Å²) in [5.74, 6) is -0.164. The molecule has 2 aromatic rings. The lowest BCUT2D eigenvalue weighted by molar-refractivity contribution is -0.139. The van der Waals surface area contributed by atoms with E-state index in [1.165, 1.54) is 4.90 Å². The van der Waals surface area contributed by atoms with Gasteiger partial charge in [0.15, 0.2) is 0 Å². The molecule has 1 atom stereocenters. The summed E-state index contributed by atoms with van der Waals surface area (Å²) < 4.78 is 11.2. The highest BCUT2D eigenvalue weighted by molar-refractivity contribution is 6.34. The van der Waals surface area contributed by atoms with Crippen LogP contribution in [0, 0.1) is 13.8 Å². The SMILES string of the molecule is CCOC(=O)C1=C(COc2cc(Cl)ccc2Cl)N(C)C(=O)N[C@H]1c1ccc(C)cc1C. The van der Waals surface area contributed by atoms with Gasteiger partial charge in [-0.05, 0) is 44.0 Å². The number of ether oxygens (including phenoxy) is 2. The van der Waals surface area contributed by atoms with Gasteiger partial charge in [-0.3, -0.25) is 4.90 Å². The second-order valence-electron chi connectivity index (χ2n) is 7.25. The minimum atomic E-state index is -0.670. The lowest BCUT2D eigenvalue weighted by atomic mass is 9.91. The zero-order valence-electron chi connectivity index (χ0n) is 17.8. The van der Waals surface area contributed by atoms with E-state index in [4.69, 9.17) is 32.7 Å². The molecule has 2 aromatic carbocycles. The van der Waals surface area contributed by atoms with E-state index in [-0.39, 0.29) is 19.2 Å². The highest BCUT2D eigenvalue weighted by atomic mass is 35.5.